The van der Waals surface area contributed by atoms with Crippen molar-refractivity contribution in [3.05, 3.63) is 90.0 Å². The van der Waals surface area contributed by atoms with Gasteiger partial charge in [-0.1, -0.05) is 61.5 Å². The Morgan fingerprint density at radius 2 is 1.58 bits per heavy atom. The maximum atomic E-state index is 6.42. The number of anilines is 1. The quantitative estimate of drug-likeness (QED) is 0.506. The van der Waals surface area contributed by atoms with Crippen LogP contribution in [0.25, 0.3) is 0 Å². The summed E-state index contributed by atoms with van der Waals surface area (Å²) in [6, 6.07) is 26.1. The highest BCUT2D eigenvalue weighted by Crippen LogP contribution is 2.36. The molecule has 0 amide bonds. The molecule has 0 aliphatic carbocycles. The lowest BCUT2D eigenvalue weighted by molar-refractivity contribution is 0.0966. The van der Waals surface area contributed by atoms with Gasteiger partial charge in [-0.05, 0) is 41.8 Å². The van der Waals surface area contributed by atoms with E-state index in [1.165, 1.54) is 5.56 Å². The lowest BCUT2D eigenvalue weighted by Gasteiger charge is -2.41. The average molecular weight is 416 g/mol. The molecular formula is C26H29N3O2. The van der Waals surface area contributed by atoms with Crippen LogP contribution < -0.4 is 15.2 Å². The van der Waals surface area contributed by atoms with Crippen molar-refractivity contribution < 1.29 is 9.47 Å². The van der Waals surface area contributed by atoms with Crippen LogP contribution >= 0.6 is 0 Å². The molecular weight excluding hydrogens is 386 g/mol. The first-order valence-corrected chi connectivity index (χ1v) is 10.7. The molecule has 2 N–H and O–H groups in total. The van der Waals surface area contributed by atoms with Gasteiger partial charge in [0.1, 0.15) is 13.2 Å². The zero-order valence-electron chi connectivity index (χ0n) is 17.9. The maximum absolute atomic E-state index is 6.42. The first-order valence-electron chi connectivity index (χ1n) is 10.7. The van der Waals surface area contributed by atoms with E-state index in [4.69, 9.17) is 15.2 Å². The molecule has 1 atom stereocenters. The normalized spacial score (nSPS) is 14.9. The number of ether oxygens (including phenoxy) is 2. The number of nitrogens with two attached hydrogens (primary N) is 1. The van der Waals surface area contributed by atoms with Crippen molar-refractivity contribution in [2.24, 2.45) is 4.99 Å². The van der Waals surface area contributed by atoms with Crippen molar-refractivity contribution in [2.45, 2.75) is 25.5 Å². The van der Waals surface area contributed by atoms with Crippen LogP contribution in [0.15, 0.2) is 83.9 Å². The zero-order chi connectivity index (χ0) is 21.5. The molecule has 3 aromatic carbocycles. The summed E-state index contributed by atoms with van der Waals surface area (Å²) in [4.78, 5) is 6.74. The highest BCUT2D eigenvalue weighted by Gasteiger charge is 2.38. The van der Waals surface area contributed by atoms with E-state index in [0.29, 0.717) is 13.2 Å². The lowest BCUT2D eigenvalue weighted by Crippen LogP contribution is -2.48. The molecule has 1 aliphatic rings. The monoisotopic (exact) mass is 415 g/mol. The van der Waals surface area contributed by atoms with Gasteiger partial charge in [0, 0.05) is 12.2 Å². The second-order valence-electron chi connectivity index (χ2n) is 7.73. The fourth-order valence-corrected chi connectivity index (χ4v) is 3.96. The summed E-state index contributed by atoms with van der Waals surface area (Å²) in [5.41, 5.74) is 8.65. The van der Waals surface area contributed by atoms with Gasteiger partial charge in [-0.3, -0.25) is 4.99 Å². The maximum Gasteiger partial charge on any atom is 0.161 e. The molecule has 31 heavy (non-hydrogen) atoms. The van der Waals surface area contributed by atoms with Gasteiger partial charge in [0.05, 0.1) is 18.4 Å². The molecule has 5 nitrogen and oxygen atoms in total. The molecule has 0 spiro atoms. The van der Waals surface area contributed by atoms with E-state index < -0.39 is 0 Å². The number of rotatable bonds is 9. The first kappa shape index (κ1) is 20.8. The van der Waals surface area contributed by atoms with Gasteiger partial charge in [-0.2, -0.15) is 0 Å². The van der Waals surface area contributed by atoms with Crippen LogP contribution in [0.5, 0.6) is 11.5 Å². The number of para-hydroxylation sites is 2. The molecule has 0 saturated carbocycles. The van der Waals surface area contributed by atoms with Gasteiger partial charge < -0.3 is 20.1 Å². The SMILES string of the molecule is CCC(COc1ccccc1OCc1ccccc1)(c1ccc(N)cc1)N1C=NCC1. The molecule has 1 unspecified atom stereocenters. The predicted octanol–water partition coefficient (Wildman–Crippen LogP) is 4.88. The second-order valence-corrected chi connectivity index (χ2v) is 7.73. The Kier molecular flexibility index (Phi) is 6.41. The third-order valence-corrected chi connectivity index (χ3v) is 5.83. The van der Waals surface area contributed by atoms with Crippen molar-refractivity contribution in [1.82, 2.24) is 4.90 Å². The smallest absolute Gasteiger partial charge is 0.161 e. The molecule has 0 saturated heterocycles. The highest BCUT2D eigenvalue weighted by molar-refractivity contribution is 5.60. The number of benzene rings is 3. The number of nitrogens with zero attached hydrogens (tertiary/aromatic N) is 2. The third-order valence-electron chi connectivity index (χ3n) is 5.83. The number of hydrogen-bond acceptors (Lipinski definition) is 5. The molecule has 0 radical (unpaired) electrons. The lowest BCUT2D eigenvalue weighted by atomic mass is 9.86. The summed E-state index contributed by atoms with van der Waals surface area (Å²) in [7, 11) is 0. The van der Waals surface area contributed by atoms with Gasteiger partial charge in [0.2, 0.25) is 0 Å². The molecule has 0 aromatic heterocycles. The summed E-state index contributed by atoms with van der Waals surface area (Å²) in [5, 5.41) is 0. The van der Waals surface area contributed by atoms with Crippen LogP contribution in [0.2, 0.25) is 0 Å². The average Bonchev–Trinajstić information content (AvgIpc) is 3.36. The second kappa shape index (κ2) is 9.56. The van der Waals surface area contributed by atoms with E-state index in [9.17, 15) is 0 Å². The standard InChI is InChI=1S/C26H29N3O2/c1-2-26(29-17-16-28-20-29,22-12-14-23(27)15-13-22)19-31-25-11-7-6-10-24(25)30-18-21-8-4-3-5-9-21/h3-15,20H,2,16-19,27H2,1H3. The summed E-state index contributed by atoms with van der Waals surface area (Å²) >= 11 is 0. The summed E-state index contributed by atoms with van der Waals surface area (Å²) in [5.74, 6) is 1.48. The van der Waals surface area contributed by atoms with Crippen molar-refractivity contribution in [1.29, 1.82) is 0 Å². The fraction of sp³-hybridized carbons (Fsp3) is 0.269. The number of hydrogen-bond donors (Lipinski definition) is 1. The van der Waals surface area contributed by atoms with Crippen molar-refractivity contribution in [3.8, 4) is 11.5 Å². The molecule has 160 valence electrons. The highest BCUT2D eigenvalue weighted by atomic mass is 16.5. The molecule has 3 aromatic rings. The Labute approximate surface area is 184 Å². The Hall–Kier alpha value is -3.47. The minimum atomic E-state index is -0.333. The molecule has 5 heteroatoms. The molecule has 0 fully saturated rings. The van der Waals surface area contributed by atoms with Crippen LogP contribution in [0.1, 0.15) is 24.5 Å². The van der Waals surface area contributed by atoms with Gasteiger partial charge >= 0.3 is 0 Å². The molecule has 1 aliphatic heterocycles. The van der Waals surface area contributed by atoms with Crippen molar-refractivity contribution >= 4 is 12.0 Å². The predicted molar refractivity (Wildman–Crippen MR) is 126 cm³/mol. The number of aliphatic imine (C=N–C) groups is 1. The van der Waals surface area contributed by atoms with E-state index in [2.05, 4.69) is 41.1 Å². The molecule has 1 heterocycles. The largest absolute Gasteiger partial charge is 0.487 e. The van der Waals surface area contributed by atoms with Gasteiger partial charge in [0.15, 0.2) is 11.5 Å². The van der Waals surface area contributed by atoms with E-state index >= 15 is 0 Å². The summed E-state index contributed by atoms with van der Waals surface area (Å²) in [6.07, 6.45) is 2.82. The number of nitrogen functional groups attached to an aromatic ring is 1. The Morgan fingerprint density at radius 1 is 0.903 bits per heavy atom. The van der Waals surface area contributed by atoms with Gasteiger partial charge in [0.25, 0.3) is 0 Å². The first-order chi connectivity index (χ1) is 15.2. The van der Waals surface area contributed by atoms with Crippen LogP contribution in [0, 0.1) is 0 Å². The topological polar surface area (TPSA) is 60.1 Å². The summed E-state index contributed by atoms with van der Waals surface area (Å²) in [6.45, 7) is 4.83. The fourth-order valence-electron chi connectivity index (χ4n) is 3.96. The third kappa shape index (κ3) is 4.66. The minimum Gasteiger partial charge on any atom is -0.487 e. The van der Waals surface area contributed by atoms with Gasteiger partial charge in [-0.25, -0.2) is 0 Å². The van der Waals surface area contributed by atoms with Crippen molar-refractivity contribution in [2.75, 3.05) is 25.4 Å². The van der Waals surface area contributed by atoms with Crippen LogP contribution in [-0.4, -0.2) is 30.9 Å². The van der Waals surface area contributed by atoms with E-state index in [1.54, 1.807) is 0 Å². The van der Waals surface area contributed by atoms with E-state index in [0.717, 1.165) is 42.3 Å². The molecule has 0 bridgehead atoms. The van der Waals surface area contributed by atoms with E-state index in [1.807, 2.05) is 60.9 Å². The Morgan fingerprint density at radius 3 is 2.23 bits per heavy atom. The van der Waals surface area contributed by atoms with Crippen LogP contribution in [0.3, 0.4) is 0 Å². The Balaban J connectivity index is 1.56. The zero-order valence-corrected chi connectivity index (χ0v) is 17.9. The van der Waals surface area contributed by atoms with E-state index in [-0.39, 0.29) is 5.54 Å². The van der Waals surface area contributed by atoms with Crippen LogP contribution in [0.4, 0.5) is 5.69 Å². The molecule has 4 rings (SSSR count). The van der Waals surface area contributed by atoms with Crippen molar-refractivity contribution in [3.63, 3.8) is 0 Å². The van der Waals surface area contributed by atoms with Gasteiger partial charge in [-0.15, -0.1) is 0 Å². The summed E-state index contributed by atoms with van der Waals surface area (Å²) < 4.78 is 12.5. The Bertz CT molecular complexity index is 1000. The van der Waals surface area contributed by atoms with Crippen LogP contribution in [-0.2, 0) is 12.1 Å². The minimum absolute atomic E-state index is 0.333.